The Kier molecular flexibility index (Phi) is 8.47. The molecule has 7 nitrogen and oxygen atoms in total. The number of hydrogen-bond acceptors (Lipinski definition) is 7. The topological polar surface area (TPSA) is 76.6 Å². The van der Waals surface area contributed by atoms with Gasteiger partial charge in [-0.3, -0.25) is 4.79 Å². The predicted molar refractivity (Wildman–Crippen MR) is 140 cm³/mol. The molecule has 1 aliphatic rings. The number of nitrogens with zero attached hydrogens (tertiary/aromatic N) is 3. The lowest BCUT2D eigenvalue weighted by Gasteiger charge is -2.33. The average molecular weight is 493 g/mol. The molecule has 3 aromatic rings. The summed E-state index contributed by atoms with van der Waals surface area (Å²) < 4.78 is 11.3. The number of ether oxygens (including phenoxy) is 2. The van der Waals surface area contributed by atoms with Crippen molar-refractivity contribution in [3.63, 3.8) is 0 Å². The third kappa shape index (κ3) is 6.45. The number of nitrogens with one attached hydrogen (secondary N) is 1. The van der Waals surface area contributed by atoms with Crippen LogP contribution in [0.1, 0.15) is 32.3 Å². The summed E-state index contributed by atoms with van der Waals surface area (Å²) in [4.78, 5) is 25.9. The van der Waals surface area contributed by atoms with Crippen LogP contribution in [-0.4, -0.2) is 42.2 Å². The third-order valence-electron chi connectivity index (χ3n) is 5.76. The first-order valence-electron chi connectivity index (χ1n) is 12.1. The largest absolute Gasteiger partial charge is 0.494 e. The summed E-state index contributed by atoms with van der Waals surface area (Å²) in [6, 6.07) is 13.9. The van der Waals surface area contributed by atoms with Crippen molar-refractivity contribution in [3.8, 4) is 11.5 Å². The van der Waals surface area contributed by atoms with Crippen molar-refractivity contribution in [1.29, 1.82) is 0 Å². The summed E-state index contributed by atoms with van der Waals surface area (Å²) in [5, 5.41) is 3.93. The standard InChI is InChI=1S/C27H32N4O3S/c1-4-33-21-11-12-24(34-5-2)23(17-21)30-26(32)20-9-7-15-31(18-20)25-27(29-14-13-28-25)35-22-10-6-8-19(3)16-22/h6,8,10-14,16-17,20H,4-5,7,9,15,18H2,1-3H3,(H,30,32)/t20-/m0/s1. The van der Waals surface area contributed by atoms with Crippen LogP contribution >= 0.6 is 11.8 Å². The summed E-state index contributed by atoms with van der Waals surface area (Å²) in [5.74, 6) is 1.97. The van der Waals surface area contributed by atoms with Crippen LogP contribution in [0.25, 0.3) is 0 Å². The number of carbonyl (C=O) groups is 1. The number of aryl methyl sites for hydroxylation is 1. The van der Waals surface area contributed by atoms with E-state index in [4.69, 9.17) is 9.47 Å². The van der Waals surface area contributed by atoms with Gasteiger partial charge in [0.05, 0.1) is 24.8 Å². The van der Waals surface area contributed by atoms with Gasteiger partial charge in [-0.1, -0.05) is 29.5 Å². The quantitative estimate of drug-likeness (QED) is 0.417. The number of anilines is 2. The predicted octanol–water partition coefficient (Wildman–Crippen LogP) is 5.59. The van der Waals surface area contributed by atoms with Crippen molar-refractivity contribution < 1.29 is 14.3 Å². The second-order valence-electron chi connectivity index (χ2n) is 8.40. The SMILES string of the molecule is CCOc1ccc(OCC)c(NC(=O)[C@H]2CCCN(c3nccnc3Sc3cccc(C)c3)C2)c1. The van der Waals surface area contributed by atoms with Crippen molar-refractivity contribution in [1.82, 2.24) is 9.97 Å². The zero-order valence-corrected chi connectivity index (χ0v) is 21.3. The summed E-state index contributed by atoms with van der Waals surface area (Å²) >= 11 is 1.60. The first-order chi connectivity index (χ1) is 17.1. The molecule has 1 aromatic heterocycles. The highest BCUT2D eigenvalue weighted by Crippen LogP contribution is 2.35. The Morgan fingerprint density at radius 3 is 2.74 bits per heavy atom. The minimum absolute atomic E-state index is 0.0268. The van der Waals surface area contributed by atoms with Crippen molar-refractivity contribution >= 4 is 29.2 Å². The highest BCUT2D eigenvalue weighted by molar-refractivity contribution is 7.99. The number of piperidine rings is 1. The van der Waals surface area contributed by atoms with E-state index < -0.39 is 0 Å². The highest BCUT2D eigenvalue weighted by atomic mass is 32.2. The smallest absolute Gasteiger partial charge is 0.229 e. The van der Waals surface area contributed by atoms with Gasteiger partial charge in [0.25, 0.3) is 0 Å². The van der Waals surface area contributed by atoms with Gasteiger partial charge in [-0.2, -0.15) is 0 Å². The van der Waals surface area contributed by atoms with Crippen molar-refractivity contribution in [2.24, 2.45) is 5.92 Å². The van der Waals surface area contributed by atoms with Gasteiger partial charge in [-0.25, -0.2) is 9.97 Å². The van der Waals surface area contributed by atoms with Gasteiger partial charge < -0.3 is 19.7 Å². The molecule has 1 atom stereocenters. The number of carbonyl (C=O) groups excluding carboxylic acids is 1. The molecule has 0 aliphatic carbocycles. The van der Waals surface area contributed by atoms with E-state index >= 15 is 0 Å². The maximum atomic E-state index is 13.3. The molecule has 1 fully saturated rings. The zero-order valence-electron chi connectivity index (χ0n) is 20.5. The van der Waals surface area contributed by atoms with Gasteiger partial charge in [0.15, 0.2) is 5.82 Å². The van der Waals surface area contributed by atoms with Gasteiger partial charge in [0.1, 0.15) is 16.5 Å². The van der Waals surface area contributed by atoms with E-state index in [0.717, 1.165) is 35.1 Å². The number of amides is 1. The van der Waals surface area contributed by atoms with Crippen molar-refractivity contribution in [2.75, 3.05) is 36.5 Å². The molecule has 0 bridgehead atoms. The number of hydrogen-bond donors (Lipinski definition) is 1. The molecule has 4 rings (SSSR count). The van der Waals surface area contributed by atoms with Gasteiger partial charge in [-0.15, -0.1) is 0 Å². The Balaban J connectivity index is 1.49. The van der Waals surface area contributed by atoms with Crippen molar-refractivity contribution in [3.05, 3.63) is 60.4 Å². The molecular formula is C27H32N4O3S. The third-order valence-corrected chi connectivity index (χ3v) is 6.73. The average Bonchev–Trinajstić information content (AvgIpc) is 2.86. The van der Waals surface area contributed by atoms with Gasteiger partial charge in [0.2, 0.25) is 5.91 Å². The van der Waals surface area contributed by atoms with E-state index in [9.17, 15) is 4.79 Å². The second-order valence-corrected chi connectivity index (χ2v) is 9.46. The van der Waals surface area contributed by atoms with Crippen LogP contribution in [0.15, 0.2) is 64.8 Å². The van der Waals surface area contributed by atoms with E-state index in [0.29, 0.717) is 36.9 Å². The van der Waals surface area contributed by atoms with Crippen molar-refractivity contribution in [2.45, 2.75) is 43.5 Å². The summed E-state index contributed by atoms with van der Waals surface area (Å²) in [6.45, 7) is 8.44. The van der Waals surface area contributed by atoms with Crippen LogP contribution in [0, 0.1) is 12.8 Å². The maximum Gasteiger partial charge on any atom is 0.229 e. The van der Waals surface area contributed by atoms with E-state index in [1.165, 1.54) is 5.56 Å². The number of rotatable bonds is 9. The van der Waals surface area contributed by atoms with Crippen LogP contribution in [0.5, 0.6) is 11.5 Å². The first-order valence-corrected chi connectivity index (χ1v) is 12.9. The Labute approximate surface area is 211 Å². The molecule has 0 radical (unpaired) electrons. The first kappa shape index (κ1) is 24.9. The molecule has 184 valence electrons. The molecule has 1 amide bonds. The normalized spacial score (nSPS) is 15.5. The van der Waals surface area contributed by atoms with Crippen LogP contribution in [0.2, 0.25) is 0 Å². The lowest BCUT2D eigenvalue weighted by Crippen LogP contribution is -2.41. The Morgan fingerprint density at radius 1 is 1.11 bits per heavy atom. The van der Waals surface area contributed by atoms with Crippen LogP contribution < -0.4 is 19.7 Å². The van der Waals surface area contributed by atoms with Crippen LogP contribution in [-0.2, 0) is 4.79 Å². The summed E-state index contributed by atoms with van der Waals surface area (Å²) in [7, 11) is 0. The molecule has 8 heteroatoms. The second kappa shape index (κ2) is 11.9. The minimum atomic E-state index is -0.173. The maximum absolute atomic E-state index is 13.3. The van der Waals surface area contributed by atoms with Gasteiger partial charge >= 0.3 is 0 Å². The molecule has 0 spiro atoms. The van der Waals surface area contributed by atoms with E-state index in [1.54, 1.807) is 24.2 Å². The molecule has 1 saturated heterocycles. The summed E-state index contributed by atoms with van der Waals surface area (Å²) in [6.07, 6.45) is 5.15. The highest BCUT2D eigenvalue weighted by Gasteiger charge is 2.29. The Hall–Kier alpha value is -3.26. The van der Waals surface area contributed by atoms with Gasteiger partial charge in [-0.05, 0) is 57.9 Å². The monoisotopic (exact) mass is 492 g/mol. The number of aromatic nitrogens is 2. The molecule has 2 heterocycles. The lowest BCUT2D eigenvalue weighted by molar-refractivity contribution is -0.120. The number of benzene rings is 2. The Bertz CT molecular complexity index is 1160. The fourth-order valence-electron chi connectivity index (χ4n) is 4.16. The summed E-state index contributed by atoms with van der Waals surface area (Å²) in [5.41, 5.74) is 1.84. The molecule has 0 saturated carbocycles. The fraction of sp³-hybridized carbons (Fsp3) is 0.370. The molecule has 0 unspecified atom stereocenters. The van der Waals surface area contributed by atoms with E-state index in [1.807, 2.05) is 38.1 Å². The fourth-order valence-corrected chi connectivity index (χ4v) is 5.16. The van der Waals surface area contributed by atoms with E-state index in [-0.39, 0.29) is 11.8 Å². The van der Waals surface area contributed by atoms with Gasteiger partial charge in [0, 0.05) is 36.4 Å². The zero-order chi connectivity index (χ0) is 24.6. The van der Waals surface area contributed by atoms with Crippen LogP contribution in [0.3, 0.4) is 0 Å². The molecule has 2 aromatic carbocycles. The minimum Gasteiger partial charge on any atom is -0.494 e. The van der Waals surface area contributed by atoms with Crippen LogP contribution in [0.4, 0.5) is 11.5 Å². The molecule has 35 heavy (non-hydrogen) atoms. The Morgan fingerprint density at radius 2 is 1.94 bits per heavy atom. The molecule has 1 aliphatic heterocycles. The molecular weight excluding hydrogens is 460 g/mol. The lowest BCUT2D eigenvalue weighted by atomic mass is 9.97. The van der Waals surface area contributed by atoms with E-state index in [2.05, 4.69) is 45.3 Å². The molecule has 1 N–H and O–H groups in total.